The average molecular weight is 230 g/mol. The van der Waals surface area contributed by atoms with Gasteiger partial charge in [-0.05, 0) is 20.5 Å². The lowest BCUT2D eigenvalue weighted by Gasteiger charge is -2.49. The number of hydrogen-bond donors (Lipinski definition) is 2. The summed E-state index contributed by atoms with van der Waals surface area (Å²) in [4.78, 5) is 2.11. The number of aliphatic hydroxyl groups is 1. The highest BCUT2D eigenvalue weighted by molar-refractivity contribution is 5.01. The van der Waals surface area contributed by atoms with Crippen molar-refractivity contribution in [2.24, 2.45) is 5.41 Å². The van der Waals surface area contributed by atoms with Crippen molar-refractivity contribution in [2.45, 2.75) is 32.4 Å². The normalized spacial score (nSPS) is 28.1. The molecule has 2 atom stereocenters. The molecule has 0 amide bonds. The van der Waals surface area contributed by atoms with Crippen molar-refractivity contribution in [3.05, 3.63) is 0 Å². The number of nitrogens with one attached hydrogen (secondary N) is 1. The van der Waals surface area contributed by atoms with E-state index in [0.29, 0.717) is 6.04 Å². The molecular weight excluding hydrogens is 204 g/mol. The highest BCUT2D eigenvalue weighted by atomic mass is 16.5. The summed E-state index contributed by atoms with van der Waals surface area (Å²) in [5.41, 5.74) is 0.0175. The van der Waals surface area contributed by atoms with Gasteiger partial charge in [0.25, 0.3) is 0 Å². The van der Waals surface area contributed by atoms with Gasteiger partial charge in [0.1, 0.15) is 0 Å². The van der Waals surface area contributed by atoms with Crippen molar-refractivity contribution >= 4 is 0 Å². The lowest BCUT2D eigenvalue weighted by atomic mass is 9.64. The molecule has 0 aromatic carbocycles. The molecule has 2 N–H and O–H groups in total. The fourth-order valence-corrected chi connectivity index (χ4v) is 1.90. The zero-order valence-corrected chi connectivity index (χ0v) is 11.0. The number of rotatable bonds is 7. The summed E-state index contributed by atoms with van der Waals surface area (Å²) in [6.07, 6.45) is 0.713. The third-order valence-electron chi connectivity index (χ3n) is 3.54. The van der Waals surface area contributed by atoms with E-state index in [9.17, 15) is 5.11 Å². The van der Waals surface area contributed by atoms with Crippen LogP contribution in [0.15, 0.2) is 0 Å². The zero-order chi connectivity index (χ0) is 12.2. The maximum Gasteiger partial charge on any atom is 0.0621 e. The number of nitrogens with zero attached hydrogens (tertiary/aromatic N) is 1. The molecule has 0 aromatic heterocycles. The lowest BCUT2D eigenvalue weighted by molar-refractivity contribution is -0.0737. The van der Waals surface area contributed by atoms with Crippen LogP contribution >= 0.6 is 0 Å². The molecule has 2 unspecified atom stereocenters. The Kier molecular flexibility index (Phi) is 5.18. The van der Waals surface area contributed by atoms with E-state index in [-0.39, 0.29) is 11.5 Å². The van der Waals surface area contributed by atoms with Crippen LogP contribution in [0, 0.1) is 5.41 Å². The molecule has 0 bridgehead atoms. The molecule has 0 heterocycles. The molecule has 0 saturated heterocycles. The molecule has 1 saturated carbocycles. The van der Waals surface area contributed by atoms with E-state index in [1.807, 2.05) is 14.1 Å². The van der Waals surface area contributed by atoms with Gasteiger partial charge < -0.3 is 20.1 Å². The molecule has 96 valence electrons. The van der Waals surface area contributed by atoms with E-state index in [0.717, 1.165) is 32.7 Å². The van der Waals surface area contributed by atoms with E-state index in [1.54, 1.807) is 0 Å². The number of ether oxygens (including phenoxy) is 1. The predicted molar refractivity (Wildman–Crippen MR) is 65.6 cm³/mol. The topological polar surface area (TPSA) is 44.7 Å². The fraction of sp³-hybridized carbons (Fsp3) is 1.00. The molecule has 4 nitrogen and oxygen atoms in total. The van der Waals surface area contributed by atoms with Crippen LogP contribution in [0.2, 0.25) is 0 Å². The van der Waals surface area contributed by atoms with Crippen molar-refractivity contribution in [1.29, 1.82) is 0 Å². The van der Waals surface area contributed by atoms with E-state index in [1.165, 1.54) is 0 Å². The Morgan fingerprint density at radius 3 is 2.56 bits per heavy atom. The van der Waals surface area contributed by atoms with Crippen LogP contribution in [0.25, 0.3) is 0 Å². The van der Waals surface area contributed by atoms with Gasteiger partial charge in [-0.25, -0.2) is 0 Å². The first-order valence-corrected chi connectivity index (χ1v) is 6.08. The van der Waals surface area contributed by atoms with Crippen LogP contribution in [-0.4, -0.2) is 62.6 Å². The van der Waals surface area contributed by atoms with Crippen molar-refractivity contribution in [2.75, 3.05) is 40.4 Å². The Morgan fingerprint density at radius 2 is 2.06 bits per heavy atom. The maximum atomic E-state index is 9.57. The van der Waals surface area contributed by atoms with Crippen LogP contribution in [0.1, 0.15) is 20.3 Å². The maximum absolute atomic E-state index is 9.57. The summed E-state index contributed by atoms with van der Waals surface area (Å²) in [5.74, 6) is 0. The Hall–Kier alpha value is -0.160. The Morgan fingerprint density at radius 1 is 1.38 bits per heavy atom. The van der Waals surface area contributed by atoms with E-state index in [2.05, 4.69) is 24.1 Å². The quantitative estimate of drug-likeness (QED) is 0.618. The van der Waals surface area contributed by atoms with Gasteiger partial charge >= 0.3 is 0 Å². The van der Waals surface area contributed by atoms with Crippen LogP contribution in [0.3, 0.4) is 0 Å². The summed E-state index contributed by atoms with van der Waals surface area (Å²) in [6, 6.07) is 0.431. The summed E-state index contributed by atoms with van der Waals surface area (Å²) in [5, 5.41) is 13.0. The fourth-order valence-electron chi connectivity index (χ4n) is 1.90. The first kappa shape index (κ1) is 13.9. The van der Waals surface area contributed by atoms with E-state index in [4.69, 9.17) is 4.74 Å². The van der Waals surface area contributed by atoms with E-state index < -0.39 is 0 Å². The highest BCUT2D eigenvalue weighted by Crippen LogP contribution is 2.40. The van der Waals surface area contributed by atoms with Gasteiger partial charge in [-0.15, -0.1) is 0 Å². The Labute approximate surface area is 99.0 Å². The minimum Gasteiger partial charge on any atom is -0.392 e. The van der Waals surface area contributed by atoms with Crippen molar-refractivity contribution in [3.8, 4) is 0 Å². The molecule has 4 heteroatoms. The predicted octanol–water partition coefficient (Wildman–Crippen LogP) is 0.314. The highest BCUT2D eigenvalue weighted by Gasteiger charge is 2.46. The van der Waals surface area contributed by atoms with Crippen LogP contribution in [0.5, 0.6) is 0 Å². The molecular formula is C12H26N2O2. The third-order valence-corrected chi connectivity index (χ3v) is 3.54. The molecule has 1 fully saturated rings. The van der Waals surface area contributed by atoms with Gasteiger partial charge in [0, 0.05) is 24.5 Å². The summed E-state index contributed by atoms with van der Waals surface area (Å²) in [6.45, 7) is 7.57. The van der Waals surface area contributed by atoms with Gasteiger partial charge in [-0.2, -0.15) is 0 Å². The summed E-state index contributed by atoms with van der Waals surface area (Å²) < 4.78 is 5.49. The molecule has 0 aliphatic heterocycles. The first-order chi connectivity index (χ1) is 7.44. The molecule has 0 radical (unpaired) electrons. The Bertz CT molecular complexity index is 207. The van der Waals surface area contributed by atoms with Gasteiger partial charge in [0.2, 0.25) is 0 Å². The standard InChI is InChI=1S/C12H26N2O2/c1-12(2)10(9-11(12)15)13-5-7-16-8-6-14(3)4/h10-11,13,15H,5-9H2,1-4H3. The second-order valence-corrected chi connectivity index (χ2v) is 5.50. The largest absolute Gasteiger partial charge is 0.392 e. The third kappa shape index (κ3) is 3.70. The minimum atomic E-state index is -0.153. The zero-order valence-electron chi connectivity index (χ0n) is 11.0. The molecule has 1 rings (SSSR count). The first-order valence-electron chi connectivity index (χ1n) is 6.08. The monoisotopic (exact) mass is 230 g/mol. The second-order valence-electron chi connectivity index (χ2n) is 5.50. The van der Waals surface area contributed by atoms with E-state index >= 15 is 0 Å². The molecule has 16 heavy (non-hydrogen) atoms. The second kappa shape index (κ2) is 5.96. The number of likely N-dealkylation sites (N-methyl/N-ethyl adjacent to an activating group) is 1. The average Bonchev–Trinajstić information content (AvgIpc) is 2.21. The number of aliphatic hydroxyl groups excluding tert-OH is 1. The van der Waals surface area contributed by atoms with Gasteiger partial charge in [0.15, 0.2) is 0 Å². The smallest absolute Gasteiger partial charge is 0.0621 e. The van der Waals surface area contributed by atoms with Gasteiger partial charge in [0.05, 0.1) is 19.3 Å². The molecule has 0 spiro atoms. The lowest BCUT2D eigenvalue weighted by Crippen LogP contribution is -2.60. The van der Waals surface area contributed by atoms with Crippen LogP contribution < -0.4 is 5.32 Å². The Balaban J connectivity index is 1.96. The number of hydrogen-bond acceptors (Lipinski definition) is 4. The molecule has 0 aromatic rings. The minimum absolute atomic E-state index is 0.0175. The summed E-state index contributed by atoms with van der Waals surface area (Å²) >= 11 is 0. The molecule has 1 aliphatic rings. The van der Waals surface area contributed by atoms with Crippen molar-refractivity contribution < 1.29 is 9.84 Å². The van der Waals surface area contributed by atoms with Crippen molar-refractivity contribution in [1.82, 2.24) is 10.2 Å². The van der Waals surface area contributed by atoms with Crippen LogP contribution in [0.4, 0.5) is 0 Å². The van der Waals surface area contributed by atoms with Gasteiger partial charge in [-0.1, -0.05) is 13.8 Å². The SMILES string of the molecule is CN(C)CCOCCNC1CC(O)C1(C)C. The van der Waals surface area contributed by atoms with Crippen molar-refractivity contribution in [3.63, 3.8) is 0 Å². The van der Waals surface area contributed by atoms with Crippen LogP contribution in [-0.2, 0) is 4.74 Å². The molecule has 1 aliphatic carbocycles. The summed E-state index contributed by atoms with van der Waals surface area (Å²) in [7, 11) is 4.08. The van der Waals surface area contributed by atoms with Gasteiger partial charge in [-0.3, -0.25) is 0 Å².